The molecule has 0 spiro atoms. The number of hydrogen-bond acceptors (Lipinski definition) is 6. The Hall–Kier alpha value is -3.55. The molecule has 1 saturated carbocycles. The SMILES string of the molecule is Cn1ccc(OCC23CN(C=O)C(CNc4cccc5c(N)nccc45)(C2)C3)cc1=O. The molecular weight excluding hydrogens is 394 g/mol. The normalized spacial score (nSPS) is 24.1. The Balaban J connectivity index is 1.29. The van der Waals surface area contributed by atoms with E-state index in [0.717, 1.165) is 35.7 Å². The minimum Gasteiger partial charge on any atom is -0.493 e. The zero-order valence-corrected chi connectivity index (χ0v) is 17.4. The van der Waals surface area contributed by atoms with Gasteiger partial charge in [-0.2, -0.15) is 0 Å². The fourth-order valence-corrected chi connectivity index (χ4v) is 5.21. The summed E-state index contributed by atoms with van der Waals surface area (Å²) in [5.74, 6) is 1.07. The monoisotopic (exact) mass is 419 g/mol. The Kier molecular flexibility index (Phi) is 4.39. The van der Waals surface area contributed by atoms with Crippen molar-refractivity contribution in [3.63, 3.8) is 0 Å². The molecule has 0 atom stereocenters. The van der Waals surface area contributed by atoms with Gasteiger partial charge in [0.05, 0.1) is 12.1 Å². The van der Waals surface area contributed by atoms with E-state index in [1.54, 1.807) is 25.5 Å². The van der Waals surface area contributed by atoms with E-state index < -0.39 is 0 Å². The number of pyridine rings is 2. The summed E-state index contributed by atoms with van der Waals surface area (Å²) in [5.41, 5.74) is 6.59. The molecule has 8 heteroatoms. The number of hydrogen-bond donors (Lipinski definition) is 2. The summed E-state index contributed by atoms with van der Waals surface area (Å²) in [6.07, 6.45) is 6.08. The Morgan fingerprint density at radius 2 is 2.10 bits per heavy atom. The summed E-state index contributed by atoms with van der Waals surface area (Å²) in [6.45, 7) is 1.80. The third kappa shape index (κ3) is 3.19. The molecule has 0 unspecified atom stereocenters. The molecule has 0 radical (unpaired) electrons. The van der Waals surface area contributed by atoms with Crippen LogP contribution in [0.5, 0.6) is 5.75 Å². The predicted octanol–water partition coefficient (Wildman–Crippen LogP) is 2.00. The van der Waals surface area contributed by atoms with Gasteiger partial charge < -0.3 is 25.3 Å². The fourth-order valence-electron chi connectivity index (χ4n) is 5.21. The minimum absolute atomic E-state index is 0.0726. The maximum atomic E-state index is 11.8. The van der Waals surface area contributed by atoms with Gasteiger partial charge in [0.2, 0.25) is 6.41 Å². The lowest BCUT2D eigenvalue weighted by Gasteiger charge is -2.47. The van der Waals surface area contributed by atoms with Crippen LogP contribution >= 0.6 is 0 Å². The Bertz CT molecular complexity index is 1220. The Morgan fingerprint density at radius 3 is 2.87 bits per heavy atom. The number of aromatic nitrogens is 2. The standard InChI is InChI=1S/C23H25N5O3/c1-27-8-6-16(9-20(27)30)31-14-22-10-23(11-22,28(13-22)15-29)12-26-19-4-2-3-18-17(19)5-7-25-21(18)24/h2-9,15,26H,10-14H2,1H3,(H2,24,25). The van der Waals surface area contributed by atoms with Gasteiger partial charge in [-0.15, -0.1) is 0 Å². The van der Waals surface area contributed by atoms with Crippen molar-refractivity contribution in [3.05, 3.63) is 59.1 Å². The smallest absolute Gasteiger partial charge is 0.253 e. The van der Waals surface area contributed by atoms with Crippen molar-refractivity contribution in [2.45, 2.75) is 18.4 Å². The number of nitrogen functional groups attached to an aromatic ring is 1. The summed E-state index contributed by atoms with van der Waals surface area (Å²) in [5, 5.41) is 5.46. The number of amides is 1. The molecule has 1 aromatic carbocycles. The zero-order chi connectivity index (χ0) is 21.6. The van der Waals surface area contributed by atoms with Crippen molar-refractivity contribution in [1.82, 2.24) is 14.5 Å². The number of carbonyl (C=O) groups excluding carboxylic acids is 1. The molecule has 8 nitrogen and oxygen atoms in total. The third-order valence-corrected chi connectivity index (χ3v) is 6.72. The summed E-state index contributed by atoms with van der Waals surface area (Å²) in [7, 11) is 1.71. The van der Waals surface area contributed by atoms with Crippen LogP contribution in [0.15, 0.2) is 53.6 Å². The molecule has 4 heterocycles. The van der Waals surface area contributed by atoms with Gasteiger partial charge in [-0.1, -0.05) is 12.1 Å². The molecule has 3 fully saturated rings. The van der Waals surface area contributed by atoms with Crippen LogP contribution in [0.4, 0.5) is 11.5 Å². The van der Waals surface area contributed by atoms with E-state index in [1.165, 1.54) is 10.6 Å². The first-order valence-electron chi connectivity index (χ1n) is 10.3. The first-order valence-corrected chi connectivity index (χ1v) is 10.3. The van der Waals surface area contributed by atoms with Crippen LogP contribution in [0.3, 0.4) is 0 Å². The number of rotatable bonds is 7. The van der Waals surface area contributed by atoms with Crippen LogP contribution in [0.1, 0.15) is 12.8 Å². The van der Waals surface area contributed by atoms with E-state index in [9.17, 15) is 9.59 Å². The van der Waals surface area contributed by atoms with Gasteiger partial charge >= 0.3 is 0 Å². The van der Waals surface area contributed by atoms with Crippen molar-refractivity contribution in [3.8, 4) is 5.75 Å². The van der Waals surface area contributed by atoms with Gasteiger partial charge in [-0.05, 0) is 31.0 Å². The molecule has 2 saturated heterocycles. The van der Waals surface area contributed by atoms with Crippen LogP contribution in [-0.4, -0.2) is 46.1 Å². The second kappa shape index (κ2) is 7.01. The second-order valence-corrected chi connectivity index (χ2v) is 8.86. The van der Waals surface area contributed by atoms with Crippen LogP contribution in [0.25, 0.3) is 10.8 Å². The number of benzene rings is 1. The molecule has 1 aliphatic carbocycles. The quantitative estimate of drug-likeness (QED) is 0.568. The molecule has 2 aliphatic heterocycles. The molecule has 3 aliphatic rings. The lowest BCUT2D eigenvalue weighted by Crippen LogP contribution is -2.55. The number of ether oxygens (including phenoxy) is 1. The molecule has 160 valence electrons. The van der Waals surface area contributed by atoms with Gasteiger partial charge in [0.25, 0.3) is 5.56 Å². The van der Waals surface area contributed by atoms with Crippen molar-refractivity contribution < 1.29 is 9.53 Å². The second-order valence-electron chi connectivity index (χ2n) is 8.86. The lowest BCUT2D eigenvalue weighted by molar-refractivity contribution is -0.121. The Morgan fingerprint density at radius 1 is 1.26 bits per heavy atom. The van der Waals surface area contributed by atoms with E-state index in [0.29, 0.717) is 31.3 Å². The topological polar surface area (TPSA) is 102 Å². The third-order valence-electron chi connectivity index (χ3n) is 6.72. The maximum absolute atomic E-state index is 11.8. The molecule has 31 heavy (non-hydrogen) atoms. The largest absolute Gasteiger partial charge is 0.493 e. The first kappa shape index (κ1) is 19.4. The highest BCUT2D eigenvalue weighted by molar-refractivity contribution is 5.99. The highest BCUT2D eigenvalue weighted by atomic mass is 16.5. The Labute approximate surface area is 179 Å². The van der Waals surface area contributed by atoms with E-state index in [-0.39, 0.29) is 16.5 Å². The summed E-state index contributed by atoms with van der Waals surface area (Å²) >= 11 is 0. The molecule has 3 aromatic rings. The van der Waals surface area contributed by atoms with Crippen LogP contribution in [-0.2, 0) is 11.8 Å². The van der Waals surface area contributed by atoms with Crippen molar-refractivity contribution >= 4 is 28.7 Å². The molecule has 1 amide bonds. The first-order chi connectivity index (χ1) is 14.9. The number of anilines is 2. The summed E-state index contributed by atoms with van der Waals surface area (Å²) < 4.78 is 7.45. The fraction of sp³-hybridized carbons (Fsp3) is 0.348. The molecular formula is C23H25N5O3. The highest BCUT2D eigenvalue weighted by Crippen LogP contribution is 2.59. The number of nitrogens with zero attached hydrogens (tertiary/aromatic N) is 3. The van der Waals surface area contributed by atoms with E-state index >= 15 is 0 Å². The average molecular weight is 419 g/mol. The van der Waals surface area contributed by atoms with Crippen molar-refractivity contribution in [2.75, 3.05) is 30.7 Å². The van der Waals surface area contributed by atoms with E-state index in [2.05, 4.69) is 10.3 Å². The van der Waals surface area contributed by atoms with Gasteiger partial charge in [-0.25, -0.2) is 4.98 Å². The number of carbonyl (C=O) groups is 1. The van der Waals surface area contributed by atoms with Gasteiger partial charge in [0.15, 0.2) is 0 Å². The molecule has 2 bridgehead atoms. The molecule has 2 aromatic heterocycles. The van der Waals surface area contributed by atoms with Crippen LogP contribution in [0.2, 0.25) is 0 Å². The highest BCUT2D eigenvalue weighted by Gasteiger charge is 2.65. The maximum Gasteiger partial charge on any atom is 0.253 e. The number of fused-ring (bicyclic) bond motifs is 2. The van der Waals surface area contributed by atoms with Gasteiger partial charge in [0, 0.05) is 60.5 Å². The molecule has 6 rings (SSSR count). The lowest BCUT2D eigenvalue weighted by atomic mass is 9.62. The van der Waals surface area contributed by atoms with Crippen molar-refractivity contribution in [2.24, 2.45) is 12.5 Å². The van der Waals surface area contributed by atoms with E-state index in [1.807, 2.05) is 29.2 Å². The number of nitrogens with one attached hydrogen (secondary N) is 1. The van der Waals surface area contributed by atoms with Gasteiger partial charge in [-0.3, -0.25) is 9.59 Å². The summed E-state index contributed by atoms with van der Waals surface area (Å²) in [4.78, 5) is 29.7. The van der Waals surface area contributed by atoms with E-state index in [4.69, 9.17) is 10.5 Å². The minimum atomic E-state index is -0.224. The average Bonchev–Trinajstić information content (AvgIpc) is 3.23. The van der Waals surface area contributed by atoms with Crippen LogP contribution in [0, 0.1) is 5.41 Å². The predicted molar refractivity (Wildman–Crippen MR) is 119 cm³/mol. The van der Waals surface area contributed by atoms with Crippen LogP contribution < -0.4 is 21.3 Å². The zero-order valence-electron chi connectivity index (χ0n) is 17.4. The summed E-state index contributed by atoms with van der Waals surface area (Å²) in [6, 6.07) is 11.2. The van der Waals surface area contributed by atoms with Gasteiger partial charge in [0.1, 0.15) is 11.6 Å². The number of aryl methyl sites for hydroxylation is 1. The van der Waals surface area contributed by atoms with Crippen molar-refractivity contribution in [1.29, 1.82) is 0 Å². The number of nitrogens with two attached hydrogens (primary N) is 1. The molecule has 3 N–H and O–H groups in total.